The number of hydrogen-bond donors (Lipinski definition) is 1. The van der Waals surface area contributed by atoms with E-state index in [1.807, 2.05) is 24.4 Å². The van der Waals surface area contributed by atoms with Gasteiger partial charge in [0.1, 0.15) is 5.82 Å². The van der Waals surface area contributed by atoms with Crippen molar-refractivity contribution in [1.29, 1.82) is 0 Å². The van der Waals surface area contributed by atoms with Gasteiger partial charge < -0.3 is 10.2 Å². The average Bonchev–Trinajstić information content (AvgIpc) is 2.73. The number of aromatic nitrogens is 1. The molecule has 1 aromatic carbocycles. The molecule has 1 aliphatic rings. The molecule has 1 N–H and O–H groups in total. The minimum Gasteiger partial charge on any atom is -0.354 e. The van der Waals surface area contributed by atoms with Crippen LogP contribution in [0.3, 0.4) is 0 Å². The van der Waals surface area contributed by atoms with E-state index in [0.717, 1.165) is 32.0 Å². The monoisotopic (exact) mass is 394 g/mol. The summed E-state index contributed by atoms with van der Waals surface area (Å²) in [5.41, 5.74) is 2.51. The molecule has 29 heavy (non-hydrogen) atoms. The molecule has 1 atom stereocenters. The van der Waals surface area contributed by atoms with Crippen LogP contribution in [0.5, 0.6) is 0 Å². The Labute approximate surface area is 175 Å². The number of anilines is 1. The fourth-order valence-electron chi connectivity index (χ4n) is 3.82. The van der Waals surface area contributed by atoms with Crippen molar-refractivity contribution in [3.8, 4) is 0 Å². The highest BCUT2D eigenvalue weighted by Crippen LogP contribution is 2.24. The minimum absolute atomic E-state index is 0.0403. The first-order valence-corrected chi connectivity index (χ1v) is 10.7. The normalized spacial score (nSPS) is 16.3. The lowest BCUT2D eigenvalue weighted by Gasteiger charge is -2.35. The SMILES string of the molecule is CC(C)c1ccc([C@H](NC(=O)CN2CCN(c3ccccn3)CC2)C(C)C)cc1. The Morgan fingerprint density at radius 2 is 1.62 bits per heavy atom. The molecule has 1 aliphatic heterocycles. The van der Waals surface area contributed by atoms with Crippen LogP contribution in [-0.4, -0.2) is 48.5 Å². The molecule has 2 heterocycles. The first-order valence-electron chi connectivity index (χ1n) is 10.7. The highest BCUT2D eigenvalue weighted by atomic mass is 16.2. The van der Waals surface area contributed by atoms with E-state index in [2.05, 4.69) is 72.1 Å². The number of piperazine rings is 1. The lowest BCUT2D eigenvalue weighted by Crippen LogP contribution is -2.50. The highest BCUT2D eigenvalue weighted by Gasteiger charge is 2.23. The molecule has 2 aromatic rings. The van der Waals surface area contributed by atoms with E-state index < -0.39 is 0 Å². The third-order valence-corrected chi connectivity index (χ3v) is 5.66. The Hall–Kier alpha value is -2.40. The maximum Gasteiger partial charge on any atom is 0.234 e. The number of nitrogens with zero attached hydrogens (tertiary/aromatic N) is 3. The minimum atomic E-state index is 0.0403. The third-order valence-electron chi connectivity index (χ3n) is 5.66. The number of hydrogen-bond acceptors (Lipinski definition) is 4. The molecule has 3 rings (SSSR count). The van der Waals surface area contributed by atoms with Crippen molar-refractivity contribution >= 4 is 11.7 Å². The van der Waals surface area contributed by atoms with E-state index in [-0.39, 0.29) is 11.9 Å². The molecular weight excluding hydrogens is 360 g/mol. The maximum absolute atomic E-state index is 12.7. The fraction of sp³-hybridized carbons (Fsp3) is 0.500. The number of pyridine rings is 1. The van der Waals surface area contributed by atoms with Crippen LogP contribution in [-0.2, 0) is 4.79 Å². The lowest BCUT2D eigenvalue weighted by atomic mass is 9.93. The standard InChI is InChI=1S/C24H34N4O/c1-18(2)20-8-10-21(11-9-20)24(19(3)4)26-23(29)17-27-13-15-28(16-14-27)22-7-5-6-12-25-22/h5-12,18-19,24H,13-17H2,1-4H3,(H,26,29)/t24-/m1/s1. The van der Waals surface area contributed by atoms with Crippen molar-refractivity contribution in [1.82, 2.24) is 15.2 Å². The molecular formula is C24H34N4O. The molecule has 0 aliphatic carbocycles. The quantitative estimate of drug-likeness (QED) is 0.775. The van der Waals surface area contributed by atoms with E-state index in [0.29, 0.717) is 18.4 Å². The fourth-order valence-corrected chi connectivity index (χ4v) is 3.82. The number of amides is 1. The smallest absolute Gasteiger partial charge is 0.234 e. The van der Waals surface area contributed by atoms with Gasteiger partial charge in [0, 0.05) is 32.4 Å². The zero-order chi connectivity index (χ0) is 20.8. The summed E-state index contributed by atoms with van der Waals surface area (Å²) in [5.74, 6) is 1.97. The van der Waals surface area contributed by atoms with Gasteiger partial charge in [0.15, 0.2) is 0 Å². The van der Waals surface area contributed by atoms with Gasteiger partial charge in [-0.3, -0.25) is 9.69 Å². The Kier molecular flexibility index (Phi) is 7.26. The van der Waals surface area contributed by atoms with Crippen molar-refractivity contribution in [3.05, 3.63) is 59.8 Å². The number of carbonyl (C=O) groups excluding carboxylic acids is 1. The highest BCUT2D eigenvalue weighted by molar-refractivity contribution is 5.78. The molecule has 0 spiro atoms. The largest absolute Gasteiger partial charge is 0.354 e. The van der Waals surface area contributed by atoms with E-state index in [4.69, 9.17) is 0 Å². The Bertz CT molecular complexity index is 765. The summed E-state index contributed by atoms with van der Waals surface area (Å²) < 4.78 is 0. The summed E-state index contributed by atoms with van der Waals surface area (Å²) in [6, 6.07) is 14.7. The Morgan fingerprint density at radius 3 is 2.17 bits per heavy atom. The zero-order valence-corrected chi connectivity index (χ0v) is 18.1. The van der Waals surface area contributed by atoms with Crippen LogP contribution in [0.15, 0.2) is 48.7 Å². The van der Waals surface area contributed by atoms with Crippen molar-refractivity contribution in [2.24, 2.45) is 5.92 Å². The summed E-state index contributed by atoms with van der Waals surface area (Å²) in [5, 5.41) is 3.27. The van der Waals surface area contributed by atoms with Gasteiger partial charge in [-0.25, -0.2) is 4.98 Å². The van der Waals surface area contributed by atoms with Crippen LogP contribution < -0.4 is 10.2 Å². The van der Waals surface area contributed by atoms with Gasteiger partial charge in [0.2, 0.25) is 5.91 Å². The third kappa shape index (κ3) is 5.80. The number of rotatable bonds is 7. The number of benzene rings is 1. The van der Waals surface area contributed by atoms with Crippen molar-refractivity contribution in [2.45, 2.75) is 39.7 Å². The molecule has 5 nitrogen and oxygen atoms in total. The number of nitrogens with one attached hydrogen (secondary N) is 1. The number of carbonyl (C=O) groups is 1. The van der Waals surface area contributed by atoms with E-state index in [1.54, 1.807) is 0 Å². The second kappa shape index (κ2) is 9.88. The molecule has 0 radical (unpaired) electrons. The predicted octanol–water partition coefficient (Wildman–Crippen LogP) is 3.84. The van der Waals surface area contributed by atoms with E-state index in [1.165, 1.54) is 11.1 Å². The van der Waals surface area contributed by atoms with E-state index >= 15 is 0 Å². The lowest BCUT2D eigenvalue weighted by molar-refractivity contribution is -0.123. The van der Waals surface area contributed by atoms with Crippen molar-refractivity contribution in [2.75, 3.05) is 37.6 Å². The summed E-state index contributed by atoms with van der Waals surface area (Å²) in [4.78, 5) is 21.7. The molecule has 1 aromatic heterocycles. The summed E-state index contributed by atoms with van der Waals surface area (Å²) in [7, 11) is 0. The molecule has 0 bridgehead atoms. The predicted molar refractivity (Wildman–Crippen MR) is 119 cm³/mol. The molecule has 0 saturated carbocycles. The van der Waals surface area contributed by atoms with Gasteiger partial charge in [-0.1, -0.05) is 58.0 Å². The summed E-state index contributed by atoms with van der Waals surface area (Å²) in [6.07, 6.45) is 1.83. The molecule has 0 unspecified atom stereocenters. The van der Waals surface area contributed by atoms with Gasteiger partial charge in [0.05, 0.1) is 12.6 Å². The van der Waals surface area contributed by atoms with E-state index in [9.17, 15) is 4.79 Å². The van der Waals surface area contributed by atoms with Gasteiger partial charge in [-0.2, -0.15) is 0 Å². The first-order chi connectivity index (χ1) is 13.9. The Balaban J connectivity index is 1.53. The molecule has 5 heteroatoms. The Morgan fingerprint density at radius 1 is 0.966 bits per heavy atom. The molecule has 156 valence electrons. The maximum atomic E-state index is 12.7. The summed E-state index contributed by atoms with van der Waals surface area (Å²) >= 11 is 0. The molecule has 1 amide bonds. The van der Waals surface area contributed by atoms with Crippen molar-refractivity contribution < 1.29 is 4.79 Å². The second-order valence-corrected chi connectivity index (χ2v) is 8.56. The van der Waals surface area contributed by atoms with Crippen molar-refractivity contribution in [3.63, 3.8) is 0 Å². The zero-order valence-electron chi connectivity index (χ0n) is 18.1. The van der Waals surface area contributed by atoms with Gasteiger partial charge >= 0.3 is 0 Å². The van der Waals surface area contributed by atoms with Gasteiger partial charge in [0.25, 0.3) is 0 Å². The van der Waals surface area contributed by atoms with Crippen LogP contribution in [0.1, 0.15) is 50.8 Å². The van der Waals surface area contributed by atoms with Crippen LogP contribution in [0.25, 0.3) is 0 Å². The molecule has 1 saturated heterocycles. The second-order valence-electron chi connectivity index (χ2n) is 8.56. The van der Waals surface area contributed by atoms with Gasteiger partial charge in [-0.15, -0.1) is 0 Å². The van der Waals surface area contributed by atoms with Crippen LogP contribution in [0.4, 0.5) is 5.82 Å². The van der Waals surface area contributed by atoms with Crippen LogP contribution in [0.2, 0.25) is 0 Å². The first kappa shape index (κ1) is 21.3. The summed E-state index contributed by atoms with van der Waals surface area (Å²) in [6.45, 7) is 12.7. The van der Waals surface area contributed by atoms with Crippen LogP contribution in [0, 0.1) is 5.92 Å². The van der Waals surface area contributed by atoms with Crippen LogP contribution >= 0.6 is 0 Å². The topological polar surface area (TPSA) is 48.5 Å². The molecule has 1 fully saturated rings. The average molecular weight is 395 g/mol. The van der Waals surface area contributed by atoms with Gasteiger partial charge in [-0.05, 0) is 35.1 Å².